The Morgan fingerprint density at radius 3 is 1.46 bits per heavy atom. The highest BCUT2D eigenvalue weighted by atomic mass is 31.2. The summed E-state index contributed by atoms with van der Waals surface area (Å²) in [6, 6.07) is 0. The van der Waals surface area contributed by atoms with Crippen molar-refractivity contribution in [3.8, 4) is 0 Å². The first-order valence-corrected chi connectivity index (χ1v) is 23.8. The van der Waals surface area contributed by atoms with Crippen molar-refractivity contribution in [1.29, 1.82) is 0 Å². The normalized spacial score (nSPS) is 13.9. The lowest BCUT2D eigenvalue weighted by molar-refractivity contribution is -0.161. The van der Waals surface area contributed by atoms with Gasteiger partial charge in [-0.2, -0.15) is 0 Å². The zero-order chi connectivity index (χ0) is 41.1. The lowest BCUT2D eigenvalue weighted by atomic mass is 10.0. The molecule has 3 N–H and O–H groups in total. The van der Waals surface area contributed by atoms with Gasteiger partial charge in [0.1, 0.15) is 6.61 Å². The molecule has 2 atom stereocenters. The van der Waals surface area contributed by atoms with Crippen molar-refractivity contribution >= 4 is 19.8 Å². The summed E-state index contributed by atoms with van der Waals surface area (Å²) in [5.41, 5.74) is 5.35. The molecule has 0 aromatic heterocycles. The SMILES string of the molecule is CC/C=C\C/C=C\C/C=C\C/C=C\C/C=C\CCCCCCCCCC(=O)OC(COC(=O)CCCCCCCCCCCCCC)COP(=O)(O)OCCN. The van der Waals surface area contributed by atoms with Gasteiger partial charge in [0, 0.05) is 19.4 Å². The molecule has 0 amide bonds. The van der Waals surface area contributed by atoms with Crippen LogP contribution in [0.25, 0.3) is 0 Å². The van der Waals surface area contributed by atoms with Crippen molar-refractivity contribution in [3.05, 3.63) is 60.8 Å². The number of ether oxygens (including phenoxy) is 2. The molecule has 0 aliphatic rings. The van der Waals surface area contributed by atoms with Gasteiger partial charge >= 0.3 is 19.8 Å². The molecule has 0 aromatic carbocycles. The molecule has 0 fully saturated rings. The highest BCUT2D eigenvalue weighted by Gasteiger charge is 2.26. The van der Waals surface area contributed by atoms with Crippen LogP contribution in [0, 0.1) is 0 Å². The number of carbonyl (C=O) groups excluding carboxylic acids is 2. The Hall–Kier alpha value is -2.29. The molecule has 2 unspecified atom stereocenters. The molecule has 324 valence electrons. The van der Waals surface area contributed by atoms with Gasteiger partial charge < -0.3 is 20.1 Å². The van der Waals surface area contributed by atoms with E-state index in [4.69, 9.17) is 24.3 Å². The van der Waals surface area contributed by atoms with Crippen LogP contribution >= 0.6 is 7.82 Å². The van der Waals surface area contributed by atoms with Crippen molar-refractivity contribution in [2.75, 3.05) is 26.4 Å². The van der Waals surface area contributed by atoms with Gasteiger partial charge in [0.25, 0.3) is 0 Å². The van der Waals surface area contributed by atoms with E-state index < -0.39 is 26.5 Å². The molecule has 9 nitrogen and oxygen atoms in total. The molecule has 56 heavy (non-hydrogen) atoms. The van der Waals surface area contributed by atoms with Crippen LogP contribution < -0.4 is 5.73 Å². The van der Waals surface area contributed by atoms with Gasteiger partial charge in [-0.25, -0.2) is 4.57 Å². The number of allylic oxidation sites excluding steroid dienone is 10. The first-order valence-electron chi connectivity index (χ1n) is 22.3. The summed E-state index contributed by atoms with van der Waals surface area (Å²) in [4.78, 5) is 34.9. The molecule has 0 saturated carbocycles. The third-order valence-electron chi connectivity index (χ3n) is 9.17. The van der Waals surface area contributed by atoms with Crippen LogP contribution in [0.5, 0.6) is 0 Å². The number of nitrogens with two attached hydrogens (primary N) is 1. The lowest BCUT2D eigenvalue weighted by Gasteiger charge is -2.19. The maximum atomic E-state index is 12.6. The summed E-state index contributed by atoms with van der Waals surface area (Å²) in [6.07, 6.45) is 49.6. The third kappa shape index (κ3) is 41.3. The van der Waals surface area contributed by atoms with E-state index in [1.807, 2.05) is 0 Å². The van der Waals surface area contributed by atoms with E-state index in [-0.39, 0.29) is 38.6 Å². The summed E-state index contributed by atoms with van der Waals surface area (Å²) in [6.45, 7) is 3.60. The summed E-state index contributed by atoms with van der Waals surface area (Å²) in [5.74, 6) is -0.842. The quantitative estimate of drug-likeness (QED) is 0.0268. The molecule has 0 aromatic rings. The smallest absolute Gasteiger partial charge is 0.462 e. The van der Waals surface area contributed by atoms with E-state index in [9.17, 15) is 19.0 Å². The van der Waals surface area contributed by atoms with Gasteiger partial charge in [-0.3, -0.25) is 18.6 Å². The Labute approximate surface area is 342 Å². The first-order chi connectivity index (χ1) is 27.3. The van der Waals surface area contributed by atoms with Gasteiger partial charge in [-0.15, -0.1) is 0 Å². The first kappa shape index (κ1) is 53.7. The zero-order valence-corrected chi connectivity index (χ0v) is 36.5. The average Bonchev–Trinajstić information content (AvgIpc) is 3.18. The van der Waals surface area contributed by atoms with Crippen molar-refractivity contribution in [2.24, 2.45) is 5.73 Å². The number of unbranched alkanes of at least 4 members (excludes halogenated alkanes) is 18. The van der Waals surface area contributed by atoms with Crippen LogP contribution in [0.1, 0.15) is 187 Å². The Kier molecular flexibility index (Phi) is 40.6. The van der Waals surface area contributed by atoms with Crippen molar-refractivity contribution in [3.63, 3.8) is 0 Å². The topological polar surface area (TPSA) is 134 Å². The molecular weight excluding hydrogens is 725 g/mol. The second kappa shape index (κ2) is 42.3. The van der Waals surface area contributed by atoms with Crippen LogP contribution in [0.4, 0.5) is 0 Å². The molecule has 0 spiro atoms. The number of phosphoric ester groups is 1. The largest absolute Gasteiger partial charge is 0.472 e. The van der Waals surface area contributed by atoms with Gasteiger partial charge in [-0.05, 0) is 57.8 Å². The summed E-state index contributed by atoms with van der Waals surface area (Å²) in [5, 5.41) is 0. The lowest BCUT2D eigenvalue weighted by Crippen LogP contribution is -2.29. The van der Waals surface area contributed by atoms with Gasteiger partial charge in [-0.1, -0.05) is 177 Å². The van der Waals surface area contributed by atoms with Crippen LogP contribution in [-0.2, 0) is 32.7 Å². The summed E-state index contributed by atoms with van der Waals surface area (Å²) >= 11 is 0. The van der Waals surface area contributed by atoms with Crippen LogP contribution in [0.3, 0.4) is 0 Å². The number of esters is 2. The molecule has 0 aliphatic carbocycles. The monoisotopic (exact) mass is 808 g/mol. The molecule has 0 heterocycles. The molecule has 0 saturated heterocycles. The van der Waals surface area contributed by atoms with E-state index in [1.165, 1.54) is 77.0 Å². The summed E-state index contributed by atoms with van der Waals surface area (Å²) < 4.78 is 32.8. The van der Waals surface area contributed by atoms with Crippen molar-refractivity contribution in [2.45, 2.75) is 193 Å². The van der Waals surface area contributed by atoms with Crippen molar-refractivity contribution < 1.29 is 37.6 Å². The Balaban J connectivity index is 4.13. The second-order valence-corrected chi connectivity index (χ2v) is 16.0. The average molecular weight is 808 g/mol. The van der Waals surface area contributed by atoms with Gasteiger partial charge in [0.15, 0.2) is 6.10 Å². The van der Waals surface area contributed by atoms with Crippen LogP contribution in [0.2, 0.25) is 0 Å². The molecule has 0 rings (SSSR count). The predicted molar refractivity (Wildman–Crippen MR) is 233 cm³/mol. The maximum absolute atomic E-state index is 12.6. The summed E-state index contributed by atoms with van der Waals surface area (Å²) in [7, 11) is -4.38. The molecule has 0 bridgehead atoms. The maximum Gasteiger partial charge on any atom is 0.472 e. The zero-order valence-electron chi connectivity index (χ0n) is 35.6. The van der Waals surface area contributed by atoms with E-state index in [1.54, 1.807) is 0 Å². The number of hydrogen-bond acceptors (Lipinski definition) is 8. The van der Waals surface area contributed by atoms with E-state index in [2.05, 4.69) is 74.6 Å². The molecule has 10 heteroatoms. The predicted octanol–water partition coefficient (Wildman–Crippen LogP) is 12.9. The molecule has 0 aliphatic heterocycles. The number of phosphoric acid groups is 1. The highest BCUT2D eigenvalue weighted by molar-refractivity contribution is 7.47. The van der Waals surface area contributed by atoms with E-state index in [0.717, 1.165) is 77.0 Å². The Morgan fingerprint density at radius 1 is 0.554 bits per heavy atom. The fourth-order valence-electron chi connectivity index (χ4n) is 5.90. The second-order valence-electron chi connectivity index (χ2n) is 14.5. The van der Waals surface area contributed by atoms with E-state index in [0.29, 0.717) is 6.42 Å². The minimum absolute atomic E-state index is 0.0498. The standard InChI is InChI=1S/C46H82NO8P/c1-3-5-7-9-11-13-15-17-18-19-20-21-22-23-24-25-26-27-29-31-33-35-37-39-46(49)55-44(43-54-56(50,51)53-41-40-47)42-52-45(48)38-36-34-32-30-28-16-14-12-10-8-6-4-2/h5,7,11,13,17-18,20-21,23-24,44H,3-4,6,8-10,12,14-16,19,22,25-43,47H2,1-2H3,(H,50,51)/b7-5-,13-11-,18-17-,21-20-,24-23-. The van der Waals surface area contributed by atoms with Gasteiger partial charge in [0.2, 0.25) is 0 Å². The van der Waals surface area contributed by atoms with Crippen LogP contribution in [0.15, 0.2) is 60.8 Å². The number of hydrogen-bond donors (Lipinski definition) is 2. The van der Waals surface area contributed by atoms with E-state index >= 15 is 0 Å². The fraction of sp³-hybridized carbons (Fsp3) is 0.739. The number of carbonyl (C=O) groups is 2. The fourth-order valence-corrected chi connectivity index (χ4v) is 6.66. The minimum Gasteiger partial charge on any atom is -0.462 e. The van der Waals surface area contributed by atoms with Crippen molar-refractivity contribution in [1.82, 2.24) is 0 Å². The minimum atomic E-state index is -4.38. The molecule has 0 radical (unpaired) electrons. The molecular formula is C46H82NO8P. The van der Waals surface area contributed by atoms with Crippen LogP contribution in [-0.4, -0.2) is 49.3 Å². The third-order valence-corrected chi connectivity index (χ3v) is 10.2. The van der Waals surface area contributed by atoms with Gasteiger partial charge in [0.05, 0.1) is 13.2 Å². The Bertz CT molecular complexity index is 1100. The Morgan fingerprint density at radius 2 is 0.982 bits per heavy atom. The number of rotatable bonds is 41. The highest BCUT2D eigenvalue weighted by Crippen LogP contribution is 2.43.